The highest BCUT2D eigenvalue weighted by molar-refractivity contribution is 6.03. The van der Waals surface area contributed by atoms with E-state index in [4.69, 9.17) is 4.74 Å². The van der Waals surface area contributed by atoms with Crippen LogP contribution in [0, 0.1) is 16.0 Å². The van der Waals surface area contributed by atoms with Crippen molar-refractivity contribution in [1.82, 2.24) is 0 Å². The van der Waals surface area contributed by atoms with E-state index >= 15 is 0 Å². The lowest BCUT2D eigenvalue weighted by molar-refractivity contribution is -0.384. The number of nitro groups is 1. The molecule has 4 rings (SSSR count). The van der Waals surface area contributed by atoms with Crippen molar-refractivity contribution in [2.24, 2.45) is 5.92 Å². The number of rotatable bonds is 7. The minimum atomic E-state index is -0.829. The van der Waals surface area contributed by atoms with Gasteiger partial charge >= 0.3 is 5.97 Å². The minimum Gasteiger partial charge on any atom is -0.452 e. The molecule has 10 heteroatoms. The zero-order valence-corrected chi connectivity index (χ0v) is 19.6. The summed E-state index contributed by atoms with van der Waals surface area (Å²) in [6.07, 6.45) is 3.24. The number of hydrogen-bond acceptors (Lipinski definition) is 7. The number of nitrogens with one attached hydrogen (secondary N) is 1. The highest BCUT2D eigenvalue weighted by atomic mass is 16.6. The number of piperidine rings is 1. The molecule has 0 bridgehead atoms. The van der Waals surface area contributed by atoms with Gasteiger partial charge in [-0.3, -0.25) is 19.7 Å². The van der Waals surface area contributed by atoms with Gasteiger partial charge in [0.1, 0.15) is 5.69 Å². The largest absolute Gasteiger partial charge is 0.452 e. The van der Waals surface area contributed by atoms with Crippen LogP contribution in [-0.4, -0.2) is 48.9 Å². The molecule has 2 amide bonds. The normalized spacial score (nSPS) is 17.9. The molecule has 2 saturated heterocycles. The highest BCUT2D eigenvalue weighted by Gasteiger charge is 2.26. The van der Waals surface area contributed by atoms with Crippen LogP contribution < -0.4 is 15.1 Å². The molecular formula is C25H28N4O6. The molecule has 2 fully saturated rings. The van der Waals surface area contributed by atoms with Crippen LogP contribution in [0.15, 0.2) is 42.5 Å². The second-order valence-corrected chi connectivity index (χ2v) is 8.94. The Labute approximate surface area is 203 Å². The Bertz CT molecular complexity index is 1150. The Morgan fingerprint density at radius 1 is 1.14 bits per heavy atom. The van der Waals surface area contributed by atoms with Crippen molar-refractivity contribution in [3.63, 3.8) is 0 Å². The topological polar surface area (TPSA) is 122 Å². The third kappa shape index (κ3) is 5.59. The number of anilines is 3. The molecule has 0 aromatic heterocycles. The molecule has 0 radical (unpaired) electrons. The number of carbonyl (C=O) groups is 3. The molecule has 2 heterocycles. The van der Waals surface area contributed by atoms with Crippen molar-refractivity contribution in [2.75, 3.05) is 41.4 Å². The Morgan fingerprint density at radius 3 is 2.66 bits per heavy atom. The SMILES string of the molecule is CC1CCCN(c2ccc(C(=O)OCC(=O)Nc3ccccc3N3CCCC3=O)cc2[N+](=O)[O-])C1. The lowest BCUT2D eigenvalue weighted by Gasteiger charge is -2.32. The van der Waals surface area contributed by atoms with Gasteiger partial charge in [0.25, 0.3) is 11.6 Å². The number of benzene rings is 2. The molecule has 1 atom stereocenters. The van der Waals surface area contributed by atoms with Gasteiger partial charge in [0.2, 0.25) is 5.91 Å². The molecule has 2 aliphatic heterocycles. The van der Waals surface area contributed by atoms with Gasteiger partial charge in [-0.1, -0.05) is 19.1 Å². The molecule has 2 aliphatic rings. The molecule has 10 nitrogen and oxygen atoms in total. The van der Waals surface area contributed by atoms with Crippen LogP contribution in [0.3, 0.4) is 0 Å². The summed E-state index contributed by atoms with van der Waals surface area (Å²) in [5.41, 5.74) is 1.35. The van der Waals surface area contributed by atoms with Crippen molar-refractivity contribution in [3.8, 4) is 0 Å². The Kier molecular flexibility index (Phi) is 7.28. The maximum absolute atomic E-state index is 12.5. The fourth-order valence-corrected chi connectivity index (χ4v) is 4.59. The van der Waals surface area contributed by atoms with Crippen LogP contribution in [0.1, 0.15) is 43.0 Å². The Hall–Kier alpha value is -3.95. The maximum atomic E-state index is 12.5. The van der Waals surface area contributed by atoms with Crippen molar-refractivity contribution >= 4 is 40.5 Å². The standard InChI is InChI=1S/C25H28N4O6/c1-17-6-4-12-27(15-17)21-11-10-18(14-22(21)29(33)34)25(32)35-16-23(30)26-19-7-2-3-8-20(19)28-13-5-9-24(28)31/h2-3,7-8,10-11,14,17H,4-6,9,12-13,15-16H2,1H3,(H,26,30). The number of carbonyl (C=O) groups excluding carboxylic acids is 3. The smallest absolute Gasteiger partial charge is 0.338 e. The average molecular weight is 481 g/mol. The van der Waals surface area contributed by atoms with Crippen molar-refractivity contribution in [1.29, 1.82) is 0 Å². The summed E-state index contributed by atoms with van der Waals surface area (Å²) < 4.78 is 5.12. The fraction of sp³-hybridized carbons (Fsp3) is 0.400. The number of ether oxygens (including phenoxy) is 1. The van der Waals surface area contributed by atoms with Crippen LogP contribution in [-0.2, 0) is 14.3 Å². The average Bonchev–Trinajstić information content (AvgIpc) is 3.28. The summed E-state index contributed by atoms with van der Waals surface area (Å²) in [5, 5.41) is 14.4. The van der Waals surface area contributed by atoms with Gasteiger partial charge < -0.3 is 19.9 Å². The van der Waals surface area contributed by atoms with E-state index in [1.165, 1.54) is 12.1 Å². The van der Waals surface area contributed by atoms with Crippen molar-refractivity contribution < 1.29 is 24.0 Å². The van der Waals surface area contributed by atoms with Gasteiger partial charge in [-0.15, -0.1) is 0 Å². The van der Waals surface area contributed by atoms with Gasteiger partial charge in [0.15, 0.2) is 6.61 Å². The lowest BCUT2D eigenvalue weighted by Crippen LogP contribution is -2.34. The molecule has 0 saturated carbocycles. The summed E-state index contributed by atoms with van der Waals surface area (Å²) in [6.45, 7) is 3.55. The van der Waals surface area contributed by atoms with Gasteiger partial charge in [-0.05, 0) is 49.4 Å². The molecule has 0 spiro atoms. The molecule has 0 aliphatic carbocycles. The molecular weight excluding hydrogens is 452 g/mol. The predicted octanol–water partition coefficient (Wildman–Crippen LogP) is 3.75. The summed E-state index contributed by atoms with van der Waals surface area (Å²) in [5.74, 6) is -0.988. The van der Waals surface area contributed by atoms with Crippen LogP contribution in [0.4, 0.5) is 22.7 Å². The number of nitrogens with zero attached hydrogens (tertiary/aromatic N) is 3. The summed E-state index contributed by atoms with van der Waals surface area (Å²) in [4.78, 5) is 51.9. The highest BCUT2D eigenvalue weighted by Crippen LogP contribution is 2.33. The Morgan fingerprint density at radius 2 is 1.94 bits per heavy atom. The van der Waals surface area contributed by atoms with E-state index < -0.39 is 23.4 Å². The first-order valence-corrected chi connectivity index (χ1v) is 11.7. The summed E-state index contributed by atoms with van der Waals surface area (Å²) in [6, 6.07) is 11.2. The lowest BCUT2D eigenvalue weighted by atomic mass is 9.99. The molecule has 1 unspecified atom stereocenters. The first-order valence-electron chi connectivity index (χ1n) is 11.7. The molecule has 2 aromatic rings. The zero-order chi connectivity index (χ0) is 24.9. The maximum Gasteiger partial charge on any atom is 0.338 e. The van der Waals surface area contributed by atoms with Crippen LogP contribution >= 0.6 is 0 Å². The number of nitro benzene ring substituents is 1. The Balaban J connectivity index is 1.41. The number of para-hydroxylation sites is 2. The molecule has 184 valence electrons. The van der Waals surface area contributed by atoms with E-state index in [0.29, 0.717) is 35.9 Å². The van der Waals surface area contributed by atoms with E-state index in [-0.39, 0.29) is 17.2 Å². The third-order valence-electron chi connectivity index (χ3n) is 6.28. The second kappa shape index (κ2) is 10.5. The van der Waals surface area contributed by atoms with Gasteiger partial charge in [-0.2, -0.15) is 0 Å². The molecule has 2 aromatic carbocycles. The van der Waals surface area contributed by atoms with Crippen molar-refractivity contribution in [3.05, 3.63) is 58.1 Å². The van der Waals surface area contributed by atoms with E-state index in [2.05, 4.69) is 12.2 Å². The first kappa shape index (κ1) is 24.2. The zero-order valence-electron chi connectivity index (χ0n) is 19.6. The van der Waals surface area contributed by atoms with Gasteiger partial charge in [0.05, 0.1) is 21.9 Å². The summed E-state index contributed by atoms with van der Waals surface area (Å²) in [7, 11) is 0. The van der Waals surface area contributed by atoms with E-state index in [1.807, 2.05) is 4.90 Å². The van der Waals surface area contributed by atoms with E-state index in [9.17, 15) is 24.5 Å². The quantitative estimate of drug-likeness (QED) is 0.364. The van der Waals surface area contributed by atoms with Crippen LogP contribution in [0.25, 0.3) is 0 Å². The predicted molar refractivity (Wildman–Crippen MR) is 131 cm³/mol. The fourth-order valence-electron chi connectivity index (χ4n) is 4.59. The number of esters is 1. The molecule has 35 heavy (non-hydrogen) atoms. The number of amides is 2. The number of hydrogen-bond donors (Lipinski definition) is 1. The summed E-state index contributed by atoms with van der Waals surface area (Å²) >= 11 is 0. The molecule has 1 N–H and O–H groups in total. The first-order chi connectivity index (χ1) is 16.8. The van der Waals surface area contributed by atoms with Gasteiger partial charge in [0, 0.05) is 32.1 Å². The second-order valence-electron chi connectivity index (χ2n) is 8.94. The minimum absolute atomic E-state index is 0.00127. The third-order valence-corrected chi connectivity index (χ3v) is 6.28. The van der Waals surface area contributed by atoms with Gasteiger partial charge in [-0.25, -0.2) is 4.79 Å². The van der Waals surface area contributed by atoms with E-state index in [0.717, 1.165) is 32.4 Å². The van der Waals surface area contributed by atoms with Crippen LogP contribution in [0.2, 0.25) is 0 Å². The van der Waals surface area contributed by atoms with Crippen molar-refractivity contribution in [2.45, 2.75) is 32.6 Å². The van der Waals surface area contributed by atoms with E-state index in [1.54, 1.807) is 35.2 Å². The van der Waals surface area contributed by atoms with Crippen LogP contribution in [0.5, 0.6) is 0 Å². The monoisotopic (exact) mass is 480 g/mol.